The van der Waals surface area contributed by atoms with E-state index in [1.54, 1.807) is 13.8 Å². The van der Waals surface area contributed by atoms with Crippen LogP contribution in [-0.4, -0.2) is 47.2 Å². The van der Waals surface area contributed by atoms with Gasteiger partial charge in [0.05, 0.1) is 24.8 Å². The molecule has 21 heavy (non-hydrogen) atoms. The van der Waals surface area contributed by atoms with Crippen LogP contribution in [-0.2, 0) is 19.1 Å². The van der Waals surface area contributed by atoms with Crippen molar-refractivity contribution in [2.75, 3.05) is 0 Å². The Kier molecular flexibility index (Phi) is 9.20. The van der Waals surface area contributed by atoms with Crippen LogP contribution in [0.5, 0.6) is 0 Å². The van der Waals surface area contributed by atoms with Gasteiger partial charge in [0.1, 0.15) is 6.04 Å². The molecule has 2 atom stereocenters. The SMILES string of the molecule is CC(C)OC(=O)[C@H](CCCC(=O)C=N)NC(=O)C[C@H](C)O. The Balaban J connectivity index is 4.53. The normalized spacial score (nSPS) is 13.4. The fourth-order valence-corrected chi connectivity index (χ4v) is 1.64. The second-order valence-corrected chi connectivity index (χ2v) is 5.16. The van der Waals surface area contributed by atoms with Gasteiger partial charge in [-0.2, -0.15) is 0 Å². The van der Waals surface area contributed by atoms with E-state index in [0.717, 1.165) is 6.21 Å². The zero-order chi connectivity index (χ0) is 16.4. The van der Waals surface area contributed by atoms with E-state index in [0.29, 0.717) is 6.42 Å². The highest BCUT2D eigenvalue weighted by Crippen LogP contribution is 2.06. The van der Waals surface area contributed by atoms with Gasteiger partial charge in [-0.15, -0.1) is 0 Å². The van der Waals surface area contributed by atoms with Crippen LogP contribution in [0.3, 0.4) is 0 Å². The second kappa shape index (κ2) is 10.0. The number of aliphatic hydroxyl groups excluding tert-OH is 1. The minimum Gasteiger partial charge on any atom is -0.461 e. The van der Waals surface area contributed by atoms with Gasteiger partial charge in [-0.1, -0.05) is 0 Å². The third-order valence-electron chi connectivity index (χ3n) is 2.53. The minimum absolute atomic E-state index is 0.106. The largest absolute Gasteiger partial charge is 0.461 e. The van der Waals surface area contributed by atoms with E-state index in [9.17, 15) is 14.4 Å². The summed E-state index contributed by atoms with van der Waals surface area (Å²) in [4.78, 5) is 34.5. The van der Waals surface area contributed by atoms with Gasteiger partial charge in [0, 0.05) is 6.42 Å². The Morgan fingerprint density at radius 2 is 1.90 bits per heavy atom. The van der Waals surface area contributed by atoms with Gasteiger partial charge in [-0.05, 0) is 33.6 Å². The van der Waals surface area contributed by atoms with E-state index in [-0.39, 0.29) is 31.1 Å². The molecule has 0 rings (SSSR count). The molecular formula is C14H24N2O5. The number of hydrogen-bond donors (Lipinski definition) is 3. The Labute approximate surface area is 124 Å². The number of ether oxygens (including phenoxy) is 1. The number of carbonyl (C=O) groups is 3. The van der Waals surface area contributed by atoms with Crippen LogP contribution in [0, 0.1) is 5.41 Å². The molecule has 0 bridgehead atoms. The monoisotopic (exact) mass is 300 g/mol. The molecule has 0 spiro atoms. The maximum Gasteiger partial charge on any atom is 0.328 e. The molecule has 1 amide bonds. The summed E-state index contributed by atoms with van der Waals surface area (Å²) in [5.41, 5.74) is 0. The molecule has 0 aromatic rings. The highest BCUT2D eigenvalue weighted by atomic mass is 16.5. The predicted octanol–water partition coefficient (Wildman–Crippen LogP) is 0.583. The van der Waals surface area contributed by atoms with Gasteiger partial charge in [0.2, 0.25) is 5.91 Å². The van der Waals surface area contributed by atoms with E-state index in [1.165, 1.54) is 6.92 Å². The number of amides is 1. The zero-order valence-electron chi connectivity index (χ0n) is 12.7. The molecule has 0 aromatic heterocycles. The lowest BCUT2D eigenvalue weighted by molar-refractivity contribution is -0.152. The summed E-state index contributed by atoms with van der Waals surface area (Å²) in [6.45, 7) is 4.88. The summed E-state index contributed by atoms with van der Waals surface area (Å²) in [6.07, 6.45) is 0.264. The Bertz CT molecular complexity index is 380. The number of rotatable bonds is 10. The van der Waals surface area contributed by atoms with Crippen LogP contribution in [0.4, 0.5) is 0 Å². The lowest BCUT2D eigenvalue weighted by Crippen LogP contribution is -2.43. The summed E-state index contributed by atoms with van der Waals surface area (Å²) >= 11 is 0. The third-order valence-corrected chi connectivity index (χ3v) is 2.53. The van der Waals surface area contributed by atoms with Crippen molar-refractivity contribution in [3.05, 3.63) is 0 Å². The number of hydrogen-bond acceptors (Lipinski definition) is 6. The molecule has 3 N–H and O–H groups in total. The molecule has 0 saturated carbocycles. The quantitative estimate of drug-likeness (QED) is 0.403. The fourth-order valence-electron chi connectivity index (χ4n) is 1.64. The van der Waals surface area contributed by atoms with Crippen molar-refractivity contribution in [1.29, 1.82) is 5.41 Å². The smallest absolute Gasteiger partial charge is 0.328 e. The van der Waals surface area contributed by atoms with Crippen molar-refractivity contribution in [3.63, 3.8) is 0 Å². The van der Waals surface area contributed by atoms with Crippen molar-refractivity contribution in [3.8, 4) is 0 Å². The van der Waals surface area contributed by atoms with Gasteiger partial charge in [0.15, 0.2) is 5.78 Å². The molecule has 0 fully saturated rings. The van der Waals surface area contributed by atoms with Gasteiger partial charge < -0.3 is 20.6 Å². The lowest BCUT2D eigenvalue weighted by atomic mass is 10.1. The summed E-state index contributed by atoms with van der Waals surface area (Å²) in [6, 6.07) is -0.850. The van der Waals surface area contributed by atoms with E-state index in [4.69, 9.17) is 15.3 Å². The molecule has 0 aliphatic carbocycles. The number of esters is 1. The van der Waals surface area contributed by atoms with Crippen molar-refractivity contribution in [2.24, 2.45) is 0 Å². The van der Waals surface area contributed by atoms with Crippen molar-refractivity contribution < 1.29 is 24.2 Å². The van der Waals surface area contributed by atoms with E-state index >= 15 is 0 Å². The van der Waals surface area contributed by atoms with Crippen molar-refractivity contribution >= 4 is 23.9 Å². The highest BCUT2D eigenvalue weighted by Gasteiger charge is 2.23. The Hall–Kier alpha value is -1.76. The summed E-state index contributed by atoms with van der Waals surface area (Å²) < 4.78 is 5.06. The molecule has 0 saturated heterocycles. The number of Topliss-reactive ketones (excluding diaryl/α,β-unsaturated/α-hetero) is 1. The van der Waals surface area contributed by atoms with Crippen LogP contribution in [0.15, 0.2) is 0 Å². The molecule has 7 nitrogen and oxygen atoms in total. The van der Waals surface area contributed by atoms with E-state index in [2.05, 4.69) is 5.32 Å². The van der Waals surface area contributed by atoms with Crippen LogP contribution in [0.1, 0.15) is 46.5 Å². The summed E-state index contributed by atoms with van der Waals surface area (Å²) in [5.74, 6) is -1.35. The Morgan fingerprint density at radius 1 is 1.29 bits per heavy atom. The molecule has 0 unspecified atom stereocenters. The molecule has 0 radical (unpaired) electrons. The highest BCUT2D eigenvalue weighted by molar-refractivity contribution is 6.26. The second-order valence-electron chi connectivity index (χ2n) is 5.16. The average molecular weight is 300 g/mol. The number of nitrogens with one attached hydrogen (secondary N) is 2. The van der Waals surface area contributed by atoms with Crippen molar-refractivity contribution in [1.82, 2.24) is 5.32 Å². The maximum absolute atomic E-state index is 11.9. The van der Waals surface area contributed by atoms with Crippen LogP contribution in [0.2, 0.25) is 0 Å². The number of carbonyl (C=O) groups excluding carboxylic acids is 3. The van der Waals surface area contributed by atoms with E-state index in [1.807, 2.05) is 0 Å². The molecule has 120 valence electrons. The summed E-state index contributed by atoms with van der Waals surface area (Å²) in [7, 11) is 0. The van der Waals surface area contributed by atoms with Crippen LogP contribution in [0.25, 0.3) is 0 Å². The lowest BCUT2D eigenvalue weighted by Gasteiger charge is -2.19. The molecular weight excluding hydrogens is 276 g/mol. The van der Waals surface area contributed by atoms with Crippen molar-refractivity contribution in [2.45, 2.75) is 64.7 Å². The number of aliphatic hydroxyl groups is 1. The van der Waals surface area contributed by atoms with Crippen LogP contribution < -0.4 is 5.32 Å². The molecule has 0 aliphatic heterocycles. The first-order valence-electron chi connectivity index (χ1n) is 6.97. The number of ketones is 1. The zero-order valence-corrected chi connectivity index (χ0v) is 12.7. The Morgan fingerprint density at radius 3 is 2.38 bits per heavy atom. The van der Waals surface area contributed by atoms with Gasteiger partial charge in [-0.3, -0.25) is 9.59 Å². The predicted molar refractivity (Wildman–Crippen MR) is 77.1 cm³/mol. The van der Waals surface area contributed by atoms with Gasteiger partial charge >= 0.3 is 5.97 Å². The van der Waals surface area contributed by atoms with E-state index < -0.39 is 24.0 Å². The topological polar surface area (TPSA) is 117 Å². The average Bonchev–Trinajstić information content (AvgIpc) is 2.35. The molecule has 7 heteroatoms. The first-order chi connectivity index (χ1) is 9.76. The minimum atomic E-state index is -0.850. The molecule has 0 heterocycles. The molecule has 0 aromatic carbocycles. The maximum atomic E-state index is 11.9. The van der Waals surface area contributed by atoms with Gasteiger partial charge in [0.25, 0.3) is 0 Å². The first kappa shape index (κ1) is 19.2. The van der Waals surface area contributed by atoms with Crippen LogP contribution >= 0.6 is 0 Å². The third kappa shape index (κ3) is 9.73. The van der Waals surface area contributed by atoms with Gasteiger partial charge in [-0.25, -0.2) is 4.79 Å². The summed E-state index contributed by atoms with van der Waals surface area (Å²) in [5, 5.41) is 18.5. The fraction of sp³-hybridized carbons (Fsp3) is 0.714. The first-order valence-corrected chi connectivity index (χ1v) is 6.97. The molecule has 0 aliphatic rings. The standard InChI is InChI=1S/C14H24N2O5/c1-9(2)21-14(20)12(6-4-5-11(18)8-15)16-13(19)7-10(3)17/h8-10,12,15,17H,4-7H2,1-3H3,(H,16,19)/t10-,12-/m0/s1.